The Morgan fingerprint density at radius 2 is 2.24 bits per heavy atom. The van der Waals surface area contributed by atoms with Crippen molar-refractivity contribution in [2.75, 3.05) is 13.2 Å². The van der Waals surface area contributed by atoms with Crippen LogP contribution in [0.3, 0.4) is 0 Å². The zero-order valence-corrected chi connectivity index (χ0v) is 11.0. The van der Waals surface area contributed by atoms with E-state index in [9.17, 15) is 5.11 Å². The quantitative estimate of drug-likeness (QED) is 0.866. The molecule has 4 heteroatoms. The van der Waals surface area contributed by atoms with Gasteiger partial charge in [-0.2, -0.15) is 0 Å². The largest absolute Gasteiger partial charge is 0.493 e. The van der Waals surface area contributed by atoms with Gasteiger partial charge in [-0.15, -0.1) is 0 Å². The number of nitrogens with one attached hydrogen (secondary N) is 1. The van der Waals surface area contributed by atoms with Gasteiger partial charge in [0.05, 0.1) is 12.2 Å². The molecular formula is C13H18ClNO2. The van der Waals surface area contributed by atoms with Crippen molar-refractivity contribution in [1.29, 1.82) is 0 Å². The second-order valence-electron chi connectivity index (χ2n) is 5.07. The molecule has 94 valence electrons. The highest BCUT2D eigenvalue weighted by atomic mass is 35.5. The van der Waals surface area contributed by atoms with Crippen molar-refractivity contribution in [3.05, 3.63) is 28.3 Å². The zero-order valence-electron chi connectivity index (χ0n) is 10.2. The van der Waals surface area contributed by atoms with Crippen LogP contribution in [0.15, 0.2) is 12.1 Å². The molecule has 1 aliphatic heterocycles. The minimum Gasteiger partial charge on any atom is -0.493 e. The SMILES string of the molecule is CC(C)(O)CNCc1cc(Cl)cc2c1OCC2. The molecule has 0 fully saturated rings. The number of ether oxygens (including phenoxy) is 1. The number of aliphatic hydroxyl groups is 1. The van der Waals surface area contributed by atoms with Crippen molar-refractivity contribution in [2.24, 2.45) is 0 Å². The van der Waals surface area contributed by atoms with Crippen LogP contribution < -0.4 is 10.1 Å². The summed E-state index contributed by atoms with van der Waals surface area (Å²) in [6.45, 7) is 5.48. The summed E-state index contributed by atoms with van der Waals surface area (Å²) in [6.07, 6.45) is 0.925. The summed E-state index contributed by atoms with van der Waals surface area (Å²) in [5.41, 5.74) is 1.54. The van der Waals surface area contributed by atoms with Crippen molar-refractivity contribution >= 4 is 11.6 Å². The van der Waals surface area contributed by atoms with Crippen molar-refractivity contribution in [3.63, 3.8) is 0 Å². The molecule has 0 bridgehead atoms. The highest BCUT2D eigenvalue weighted by Crippen LogP contribution is 2.32. The Hall–Kier alpha value is -0.770. The molecule has 3 nitrogen and oxygen atoms in total. The van der Waals surface area contributed by atoms with E-state index < -0.39 is 5.60 Å². The number of hydrogen-bond acceptors (Lipinski definition) is 3. The number of hydrogen-bond donors (Lipinski definition) is 2. The first-order valence-corrected chi connectivity index (χ1v) is 6.21. The maximum Gasteiger partial charge on any atom is 0.127 e. The third-order valence-electron chi connectivity index (χ3n) is 2.70. The highest BCUT2D eigenvalue weighted by molar-refractivity contribution is 6.30. The molecule has 1 heterocycles. The Morgan fingerprint density at radius 1 is 1.47 bits per heavy atom. The van der Waals surface area contributed by atoms with Crippen LogP contribution in [0.1, 0.15) is 25.0 Å². The van der Waals surface area contributed by atoms with Crippen LogP contribution in [0.25, 0.3) is 0 Å². The summed E-state index contributed by atoms with van der Waals surface area (Å²) < 4.78 is 5.61. The van der Waals surface area contributed by atoms with Gasteiger partial charge in [0, 0.05) is 30.1 Å². The standard InChI is InChI=1S/C13H18ClNO2/c1-13(2,16)8-15-7-10-6-11(14)5-9-3-4-17-12(9)10/h5-6,15-16H,3-4,7-8H2,1-2H3. The summed E-state index contributed by atoms with van der Waals surface area (Å²) in [5.74, 6) is 0.956. The summed E-state index contributed by atoms with van der Waals surface area (Å²) in [6, 6.07) is 3.88. The molecule has 0 saturated carbocycles. The van der Waals surface area contributed by atoms with E-state index in [-0.39, 0.29) is 0 Å². The van der Waals surface area contributed by atoms with Crippen molar-refractivity contribution in [3.8, 4) is 5.75 Å². The Bertz CT molecular complexity index is 413. The number of rotatable bonds is 4. The molecule has 0 amide bonds. The van der Waals surface area contributed by atoms with Crippen molar-refractivity contribution < 1.29 is 9.84 Å². The maximum absolute atomic E-state index is 9.62. The summed E-state index contributed by atoms with van der Waals surface area (Å²) >= 11 is 6.06. The Morgan fingerprint density at radius 3 is 2.94 bits per heavy atom. The number of benzene rings is 1. The first-order valence-electron chi connectivity index (χ1n) is 5.83. The molecule has 1 aromatic carbocycles. The van der Waals surface area contributed by atoms with Gasteiger partial charge in [0.25, 0.3) is 0 Å². The second kappa shape index (κ2) is 4.84. The predicted molar refractivity (Wildman–Crippen MR) is 68.7 cm³/mol. The smallest absolute Gasteiger partial charge is 0.127 e. The van der Waals surface area contributed by atoms with Gasteiger partial charge in [-0.1, -0.05) is 11.6 Å². The molecule has 0 aliphatic carbocycles. The molecule has 0 saturated heterocycles. The van der Waals surface area contributed by atoms with E-state index in [1.165, 1.54) is 5.56 Å². The average molecular weight is 256 g/mol. The minimum atomic E-state index is -0.706. The fraction of sp³-hybridized carbons (Fsp3) is 0.538. The third kappa shape index (κ3) is 3.35. The highest BCUT2D eigenvalue weighted by Gasteiger charge is 2.18. The van der Waals surface area contributed by atoms with Gasteiger partial charge < -0.3 is 15.2 Å². The monoisotopic (exact) mass is 255 g/mol. The minimum absolute atomic E-state index is 0.536. The van der Waals surface area contributed by atoms with Crippen LogP contribution in [0.2, 0.25) is 5.02 Å². The van der Waals surface area contributed by atoms with Gasteiger partial charge in [-0.3, -0.25) is 0 Å². The molecule has 1 aliphatic rings. The molecule has 0 atom stereocenters. The van der Waals surface area contributed by atoms with Gasteiger partial charge in [0.1, 0.15) is 5.75 Å². The average Bonchev–Trinajstić information content (AvgIpc) is 2.63. The van der Waals surface area contributed by atoms with E-state index in [1.807, 2.05) is 12.1 Å². The molecule has 17 heavy (non-hydrogen) atoms. The lowest BCUT2D eigenvalue weighted by Crippen LogP contribution is -2.34. The topological polar surface area (TPSA) is 41.5 Å². The van der Waals surface area contributed by atoms with E-state index in [2.05, 4.69) is 5.32 Å². The fourth-order valence-corrected chi connectivity index (χ4v) is 2.24. The van der Waals surface area contributed by atoms with Crippen LogP contribution in [0, 0.1) is 0 Å². The first-order chi connectivity index (χ1) is 7.96. The maximum atomic E-state index is 9.62. The molecular weight excluding hydrogens is 238 g/mol. The van der Waals surface area contributed by atoms with E-state index >= 15 is 0 Å². The van der Waals surface area contributed by atoms with E-state index in [0.29, 0.717) is 13.1 Å². The third-order valence-corrected chi connectivity index (χ3v) is 2.92. The van der Waals surface area contributed by atoms with E-state index in [0.717, 1.165) is 29.4 Å². The number of halogens is 1. The van der Waals surface area contributed by atoms with Crippen LogP contribution in [-0.4, -0.2) is 23.9 Å². The van der Waals surface area contributed by atoms with Gasteiger partial charge in [-0.05, 0) is 31.5 Å². The lowest BCUT2D eigenvalue weighted by molar-refractivity contribution is 0.0794. The lowest BCUT2D eigenvalue weighted by atomic mass is 10.1. The zero-order chi connectivity index (χ0) is 12.5. The summed E-state index contributed by atoms with van der Waals surface area (Å²) in [5, 5.41) is 13.6. The molecule has 0 radical (unpaired) electrons. The van der Waals surface area contributed by atoms with Gasteiger partial charge >= 0.3 is 0 Å². The van der Waals surface area contributed by atoms with Crippen molar-refractivity contribution in [2.45, 2.75) is 32.4 Å². The second-order valence-corrected chi connectivity index (χ2v) is 5.50. The van der Waals surface area contributed by atoms with Gasteiger partial charge in [-0.25, -0.2) is 0 Å². The fourth-order valence-electron chi connectivity index (χ4n) is 1.98. The Labute approximate surface area is 107 Å². The molecule has 2 rings (SSSR count). The molecule has 2 N–H and O–H groups in total. The first kappa shape index (κ1) is 12.7. The van der Waals surface area contributed by atoms with Gasteiger partial charge in [0.15, 0.2) is 0 Å². The molecule has 0 unspecified atom stereocenters. The van der Waals surface area contributed by atoms with Crippen LogP contribution in [-0.2, 0) is 13.0 Å². The van der Waals surface area contributed by atoms with E-state index in [1.54, 1.807) is 13.8 Å². The molecule has 1 aromatic rings. The molecule has 0 aromatic heterocycles. The van der Waals surface area contributed by atoms with Crippen LogP contribution >= 0.6 is 11.6 Å². The van der Waals surface area contributed by atoms with Crippen LogP contribution in [0.4, 0.5) is 0 Å². The Balaban J connectivity index is 2.06. The summed E-state index contributed by atoms with van der Waals surface area (Å²) in [4.78, 5) is 0. The van der Waals surface area contributed by atoms with Crippen molar-refractivity contribution in [1.82, 2.24) is 5.32 Å². The number of fused-ring (bicyclic) bond motifs is 1. The summed E-state index contributed by atoms with van der Waals surface area (Å²) in [7, 11) is 0. The lowest BCUT2D eigenvalue weighted by Gasteiger charge is -2.18. The van der Waals surface area contributed by atoms with Gasteiger partial charge in [0.2, 0.25) is 0 Å². The normalized spacial score (nSPS) is 14.6. The predicted octanol–water partition coefficient (Wildman–Crippen LogP) is 2.14. The van der Waals surface area contributed by atoms with Crippen LogP contribution in [0.5, 0.6) is 5.75 Å². The van der Waals surface area contributed by atoms with E-state index in [4.69, 9.17) is 16.3 Å². The Kier molecular flexibility index (Phi) is 3.61. The molecule has 0 spiro atoms.